The topological polar surface area (TPSA) is 44.4 Å². The van der Waals surface area contributed by atoms with E-state index in [1.54, 1.807) is 19.2 Å². The zero-order valence-electron chi connectivity index (χ0n) is 11.8. The lowest BCUT2D eigenvalue weighted by Gasteiger charge is -2.18. The van der Waals surface area contributed by atoms with Crippen molar-refractivity contribution < 1.29 is 4.79 Å². The van der Waals surface area contributed by atoms with E-state index in [-0.39, 0.29) is 5.91 Å². The lowest BCUT2D eigenvalue weighted by atomic mass is 10.1. The van der Waals surface area contributed by atoms with Crippen LogP contribution in [0.5, 0.6) is 0 Å². The summed E-state index contributed by atoms with van der Waals surface area (Å²) in [5, 5.41) is 6.48. The fourth-order valence-corrected chi connectivity index (χ4v) is 2.06. The van der Waals surface area contributed by atoms with Crippen molar-refractivity contribution >= 4 is 23.2 Å². The van der Waals surface area contributed by atoms with Gasteiger partial charge in [0.15, 0.2) is 0 Å². The summed E-state index contributed by atoms with van der Waals surface area (Å²) >= 11 is 5.93. The van der Waals surface area contributed by atoms with Crippen molar-refractivity contribution in [2.45, 2.75) is 13.8 Å². The number of nitrogens with zero attached hydrogens (tertiary/aromatic N) is 1. The smallest absolute Gasteiger partial charge is 0.253 e. The van der Waals surface area contributed by atoms with Gasteiger partial charge in [0, 0.05) is 30.8 Å². The highest BCUT2D eigenvalue weighted by Gasteiger charge is 2.11. The van der Waals surface area contributed by atoms with Crippen LogP contribution in [0.25, 0.3) is 0 Å². The van der Waals surface area contributed by atoms with Gasteiger partial charge < -0.3 is 15.5 Å². The summed E-state index contributed by atoms with van der Waals surface area (Å²) in [5.74, 6) is -0.0981. The molecule has 0 aromatic heterocycles. The molecule has 4 nitrogen and oxygen atoms in total. The minimum atomic E-state index is -0.0981. The van der Waals surface area contributed by atoms with Gasteiger partial charge in [-0.3, -0.25) is 4.79 Å². The second-order valence-corrected chi connectivity index (χ2v) is 4.66. The van der Waals surface area contributed by atoms with E-state index in [1.165, 1.54) is 0 Å². The van der Waals surface area contributed by atoms with Gasteiger partial charge in [0.25, 0.3) is 5.91 Å². The molecule has 19 heavy (non-hydrogen) atoms. The molecule has 0 radical (unpaired) electrons. The molecular weight excluding hydrogens is 262 g/mol. The van der Waals surface area contributed by atoms with Crippen LogP contribution in [0.1, 0.15) is 24.2 Å². The first-order valence-electron chi connectivity index (χ1n) is 6.60. The number of carbonyl (C=O) groups excluding carboxylic acids is 1. The summed E-state index contributed by atoms with van der Waals surface area (Å²) in [6, 6.07) is 5.25. The number of benzene rings is 1. The molecule has 1 aromatic carbocycles. The zero-order chi connectivity index (χ0) is 14.3. The summed E-state index contributed by atoms with van der Waals surface area (Å²) in [7, 11) is 1.79. The highest BCUT2D eigenvalue weighted by atomic mass is 35.5. The van der Waals surface area contributed by atoms with E-state index >= 15 is 0 Å². The van der Waals surface area contributed by atoms with E-state index in [1.807, 2.05) is 6.07 Å². The monoisotopic (exact) mass is 283 g/mol. The Kier molecular flexibility index (Phi) is 6.67. The minimum absolute atomic E-state index is 0.0981. The number of rotatable bonds is 7. The molecular formula is C14H22ClN3O. The molecule has 106 valence electrons. The van der Waals surface area contributed by atoms with Crippen molar-refractivity contribution in [1.82, 2.24) is 10.2 Å². The van der Waals surface area contributed by atoms with Crippen LogP contribution in [-0.2, 0) is 0 Å². The lowest BCUT2D eigenvalue weighted by molar-refractivity contribution is 0.0949. The number of nitrogens with one attached hydrogen (secondary N) is 2. The lowest BCUT2D eigenvalue weighted by Crippen LogP contribution is -2.35. The average molecular weight is 284 g/mol. The van der Waals surface area contributed by atoms with E-state index in [9.17, 15) is 4.79 Å². The minimum Gasteiger partial charge on any atom is -0.387 e. The first-order valence-corrected chi connectivity index (χ1v) is 6.98. The Morgan fingerprint density at radius 2 is 2.00 bits per heavy atom. The quantitative estimate of drug-likeness (QED) is 0.808. The Hall–Kier alpha value is -1.26. The molecule has 0 aliphatic rings. The first kappa shape index (κ1) is 15.8. The molecule has 0 aliphatic carbocycles. The van der Waals surface area contributed by atoms with Gasteiger partial charge in [-0.1, -0.05) is 25.4 Å². The summed E-state index contributed by atoms with van der Waals surface area (Å²) in [5.41, 5.74) is 1.36. The summed E-state index contributed by atoms with van der Waals surface area (Å²) in [6.45, 7) is 7.70. The van der Waals surface area contributed by atoms with Crippen molar-refractivity contribution in [3.8, 4) is 0 Å². The molecule has 0 heterocycles. The van der Waals surface area contributed by atoms with Crippen molar-refractivity contribution in [3.63, 3.8) is 0 Å². The van der Waals surface area contributed by atoms with Crippen LogP contribution in [0.4, 0.5) is 5.69 Å². The van der Waals surface area contributed by atoms with Crippen LogP contribution in [0.15, 0.2) is 18.2 Å². The van der Waals surface area contributed by atoms with Crippen molar-refractivity contribution in [1.29, 1.82) is 0 Å². The predicted octanol–water partition coefficient (Wildman–Crippen LogP) is 2.45. The van der Waals surface area contributed by atoms with E-state index in [0.717, 1.165) is 25.3 Å². The van der Waals surface area contributed by atoms with Crippen LogP contribution in [0.2, 0.25) is 5.02 Å². The molecule has 1 amide bonds. The molecule has 1 aromatic rings. The fourth-order valence-electron chi connectivity index (χ4n) is 1.88. The fraction of sp³-hybridized carbons (Fsp3) is 0.500. The molecule has 1 rings (SSSR count). The number of hydrogen-bond acceptors (Lipinski definition) is 3. The van der Waals surface area contributed by atoms with Gasteiger partial charge in [-0.2, -0.15) is 0 Å². The Balaban J connectivity index is 2.60. The average Bonchev–Trinajstić information content (AvgIpc) is 2.43. The number of anilines is 1. The van der Waals surface area contributed by atoms with Crippen molar-refractivity contribution in [3.05, 3.63) is 28.8 Å². The van der Waals surface area contributed by atoms with Gasteiger partial charge in [0.1, 0.15) is 0 Å². The van der Waals surface area contributed by atoms with Gasteiger partial charge in [-0.15, -0.1) is 0 Å². The second-order valence-electron chi connectivity index (χ2n) is 4.22. The number of halogens is 1. The van der Waals surface area contributed by atoms with E-state index in [4.69, 9.17) is 11.6 Å². The van der Waals surface area contributed by atoms with Crippen LogP contribution in [0, 0.1) is 0 Å². The van der Waals surface area contributed by atoms with Crippen molar-refractivity contribution in [2.24, 2.45) is 0 Å². The molecule has 0 saturated carbocycles. The standard InChI is InChI=1S/C14H22ClN3O/c1-4-18(5-2)9-8-17-14(19)12-10-11(15)6-7-13(12)16-3/h6-7,10,16H,4-5,8-9H2,1-3H3,(H,17,19). The third-order valence-electron chi connectivity index (χ3n) is 3.10. The largest absolute Gasteiger partial charge is 0.387 e. The highest BCUT2D eigenvalue weighted by molar-refractivity contribution is 6.31. The number of amides is 1. The molecule has 0 saturated heterocycles. The maximum absolute atomic E-state index is 12.1. The maximum Gasteiger partial charge on any atom is 0.253 e. The third-order valence-corrected chi connectivity index (χ3v) is 3.34. The SMILES string of the molecule is CCN(CC)CCNC(=O)c1cc(Cl)ccc1NC. The van der Waals surface area contributed by atoms with Gasteiger partial charge in [0.2, 0.25) is 0 Å². The van der Waals surface area contributed by atoms with Gasteiger partial charge in [-0.25, -0.2) is 0 Å². The Morgan fingerprint density at radius 1 is 1.32 bits per heavy atom. The molecule has 0 bridgehead atoms. The summed E-state index contributed by atoms with van der Waals surface area (Å²) < 4.78 is 0. The molecule has 0 spiro atoms. The zero-order valence-corrected chi connectivity index (χ0v) is 12.5. The normalized spacial score (nSPS) is 10.6. The molecule has 0 unspecified atom stereocenters. The Morgan fingerprint density at radius 3 is 2.58 bits per heavy atom. The van der Waals surface area contributed by atoms with E-state index in [0.29, 0.717) is 17.1 Å². The van der Waals surface area contributed by atoms with Crippen LogP contribution in [0.3, 0.4) is 0 Å². The van der Waals surface area contributed by atoms with Crippen molar-refractivity contribution in [2.75, 3.05) is 38.5 Å². The summed E-state index contributed by atoms with van der Waals surface area (Å²) in [6.07, 6.45) is 0. The number of hydrogen-bond donors (Lipinski definition) is 2. The molecule has 0 aliphatic heterocycles. The van der Waals surface area contributed by atoms with Gasteiger partial charge in [-0.05, 0) is 31.3 Å². The van der Waals surface area contributed by atoms with Crippen LogP contribution in [-0.4, -0.2) is 44.0 Å². The highest BCUT2D eigenvalue weighted by Crippen LogP contribution is 2.20. The first-order chi connectivity index (χ1) is 9.12. The summed E-state index contributed by atoms with van der Waals surface area (Å²) in [4.78, 5) is 14.4. The Labute approximate surface area is 120 Å². The van der Waals surface area contributed by atoms with Gasteiger partial charge in [0.05, 0.1) is 5.56 Å². The molecule has 0 atom stereocenters. The molecule has 2 N–H and O–H groups in total. The van der Waals surface area contributed by atoms with Gasteiger partial charge >= 0.3 is 0 Å². The third kappa shape index (κ3) is 4.73. The number of likely N-dealkylation sites (N-methyl/N-ethyl adjacent to an activating group) is 1. The van der Waals surface area contributed by atoms with Crippen LogP contribution < -0.4 is 10.6 Å². The molecule has 0 fully saturated rings. The molecule has 5 heteroatoms. The van der Waals surface area contributed by atoms with E-state index < -0.39 is 0 Å². The maximum atomic E-state index is 12.1. The Bertz CT molecular complexity index is 419. The second kappa shape index (κ2) is 8.02. The van der Waals surface area contributed by atoms with Crippen LogP contribution >= 0.6 is 11.6 Å². The number of carbonyl (C=O) groups is 1. The predicted molar refractivity (Wildman–Crippen MR) is 81.1 cm³/mol. The van der Waals surface area contributed by atoms with E-state index in [2.05, 4.69) is 29.4 Å².